The van der Waals surface area contributed by atoms with Crippen molar-refractivity contribution in [1.82, 2.24) is 14.5 Å². The average molecular weight is 311 g/mol. The van der Waals surface area contributed by atoms with Gasteiger partial charge < -0.3 is 9.47 Å². The van der Waals surface area contributed by atoms with Gasteiger partial charge in [-0.15, -0.1) is 11.3 Å². The Kier molecular flexibility index (Phi) is 3.42. The van der Waals surface area contributed by atoms with Crippen LogP contribution in [0.25, 0.3) is 10.1 Å². The minimum Gasteiger partial charge on any atom is -0.336 e. The van der Waals surface area contributed by atoms with E-state index in [2.05, 4.69) is 21.7 Å². The molecule has 0 radical (unpaired) electrons. The van der Waals surface area contributed by atoms with Gasteiger partial charge in [-0.1, -0.05) is 18.2 Å². The summed E-state index contributed by atoms with van der Waals surface area (Å²) in [4.78, 5) is 19.7. The summed E-state index contributed by atoms with van der Waals surface area (Å²) < 4.78 is 3.29. The third kappa shape index (κ3) is 2.41. The van der Waals surface area contributed by atoms with Crippen LogP contribution in [0.15, 0.2) is 49.1 Å². The molecule has 0 spiro atoms. The van der Waals surface area contributed by atoms with Crippen molar-refractivity contribution in [2.75, 3.05) is 13.1 Å². The van der Waals surface area contributed by atoms with Gasteiger partial charge in [0.1, 0.15) is 0 Å². The van der Waals surface area contributed by atoms with Crippen molar-refractivity contribution in [3.05, 3.63) is 53.9 Å². The van der Waals surface area contributed by atoms with E-state index < -0.39 is 0 Å². The molecular weight excluding hydrogens is 294 g/mol. The first-order chi connectivity index (χ1) is 10.8. The van der Waals surface area contributed by atoms with Crippen LogP contribution in [-0.2, 0) is 0 Å². The summed E-state index contributed by atoms with van der Waals surface area (Å²) >= 11 is 1.59. The molecule has 5 heteroatoms. The Morgan fingerprint density at radius 2 is 2.23 bits per heavy atom. The molecule has 1 aliphatic heterocycles. The van der Waals surface area contributed by atoms with Crippen LogP contribution in [0.4, 0.5) is 0 Å². The molecule has 0 bridgehead atoms. The molecule has 0 unspecified atom stereocenters. The second kappa shape index (κ2) is 5.57. The van der Waals surface area contributed by atoms with Gasteiger partial charge in [0.15, 0.2) is 0 Å². The Morgan fingerprint density at radius 1 is 1.32 bits per heavy atom. The van der Waals surface area contributed by atoms with Gasteiger partial charge in [0, 0.05) is 30.2 Å². The quantitative estimate of drug-likeness (QED) is 0.725. The van der Waals surface area contributed by atoms with Gasteiger partial charge in [-0.3, -0.25) is 4.79 Å². The smallest absolute Gasteiger partial charge is 0.264 e. The van der Waals surface area contributed by atoms with Crippen LogP contribution in [-0.4, -0.2) is 33.4 Å². The number of imidazole rings is 1. The lowest BCUT2D eigenvalue weighted by atomic mass is 10.1. The number of likely N-dealkylation sites (tertiary alicyclic amines) is 1. The van der Waals surface area contributed by atoms with Crippen LogP contribution in [0.3, 0.4) is 0 Å². The number of carbonyl (C=O) groups is 1. The van der Waals surface area contributed by atoms with Gasteiger partial charge in [0.2, 0.25) is 0 Å². The first kappa shape index (κ1) is 13.5. The molecule has 0 aliphatic carbocycles. The number of amides is 1. The highest BCUT2D eigenvalue weighted by molar-refractivity contribution is 7.20. The van der Waals surface area contributed by atoms with Crippen molar-refractivity contribution >= 4 is 27.3 Å². The van der Waals surface area contributed by atoms with E-state index in [-0.39, 0.29) is 5.91 Å². The predicted octanol–water partition coefficient (Wildman–Crippen LogP) is 3.58. The Balaban J connectivity index is 1.56. The zero-order valence-electron chi connectivity index (χ0n) is 12.2. The lowest BCUT2D eigenvalue weighted by molar-refractivity contribution is 0.0684. The third-order valence-corrected chi connectivity index (χ3v) is 5.37. The zero-order chi connectivity index (χ0) is 14.9. The molecule has 1 atom stereocenters. The monoisotopic (exact) mass is 311 g/mol. The zero-order valence-corrected chi connectivity index (χ0v) is 13.0. The number of fused-ring (bicyclic) bond motifs is 1. The van der Waals surface area contributed by atoms with E-state index in [1.165, 1.54) is 4.70 Å². The number of hydrogen-bond acceptors (Lipinski definition) is 3. The highest BCUT2D eigenvalue weighted by atomic mass is 32.1. The molecule has 4 nitrogen and oxygen atoms in total. The van der Waals surface area contributed by atoms with Crippen molar-refractivity contribution in [2.24, 2.45) is 0 Å². The Hall–Kier alpha value is -2.14. The maximum Gasteiger partial charge on any atom is 0.264 e. The van der Waals surface area contributed by atoms with E-state index in [4.69, 9.17) is 0 Å². The summed E-state index contributed by atoms with van der Waals surface area (Å²) in [6.45, 7) is 1.61. The number of benzene rings is 1. The van der Waals surface area contributed by atoms with Gasteiger partial charge in [0.05, 0.1) is 17.2 Å². The molecule has 0 saturated carbocycles. The maximum atomic E-state index is 12.8. The molecular formula is C17H17N3OS. The molecule has 1 aromatic carbocycles. The number of thiophene rings is 1. The van der Waals surface area contributed by atoms with E-state index in [0.717, 1.165) is 36.2 Å². The molecule has 2 aromatic heterocycles. The summed E-state index contributed by atoms with van der Waals surface area (Å²) in [5.41, 5.74) is 0. The van der Waals surface area contributed by atoms with E-state index in [1.54, 1.807) is 17.5 Å². The Morgan fingerprint density at radius 3 is 3.05 bits per heavy atom. The second-order valence-electron chi connectivity index (χ2n) is 5.71. The summed E-state index contributed by atoms with van der Waals surface area (Å²) in [5.74, 6) is 0.158. The summed E-state index contributed by atoms with van der Waals surface area (Å²) in [6, 6.07) is 10.5. The van der Waals surface area contributed by atoms with E-state index in [9.17, 15) is 4.79 Å². The van der Waals surface area contributed by atoms with Crippen LogP contribution >= 0.6 is 11.3 Å². The van der Waals surface area contributed by atoms with Crippen LogP contribution < -0.4 is 0 Å². The van der Waals surface area contributed by atoms with Crippen molar-refractivity contribution in [3.8, 4) is 0 Å². The lowest BCUT2D eigenvalue weighted by Crippen LogP contribution is -2.40. The average Bonchev–Trinajstić information content (AvgIpc) is 3.23. The number of rotatable bonds is 2. The van der Waals surface area contributed by atoms with Gasteiger partial charge in [-0.25, -0.2) is 4.98 Å². The number of hydrogen-bond donors (Lipinski definition) is 0. The molecule has 112 valence electrons. The fourth-order valence-corrected chi connectivity index (χ4v) is 4.14. The molecule has 1 saturated heterocycles. The summed E-state index contributed by atoms with van der Waals surface area (Å²) in [5, 5.41) is 1.15. The first-order valence-corrected chi connectivity index (χ1v) is 8.38. The standard InChI is InChI=1S/C17H17N3OS/c21-17(16-10-13-4-1-2-6-15(13)22-16)19-8-3-5-14(11-19)20-9-7-18-12-20/h1-2,4,6-7,9-10,12,14H,3,5,8,11H2/t14-/m0/s1. The normalized spacial score (nSPS) is 18.7. The number of piperidine rings is 1. The molecule has 0 N–H and O–H groups in total. The first-order valence-electron chi connectivity index (χ1n) is 7.56. The largest absolute Gasteiger partial charge is 0.336 e. The fraction of sp³-hybridized carbons (Fsp3) is 0.294. The molecule has 4 rings (SSSR count). The number of aromatic nitrogens is 2. The number of carbonyl (C=O) groups excluding carboxylic acids is 1. The highest BCUT2D eigenvalue weighted by Crippen LogP contribution is 2.28. The Labute approximate surface area is 133 Å². The molecule has 3 aromatic rings. The second-order valence-corrected chi connectivity index (χ2v) is 6.79. The Bertz CT molecular complexity index is 760. The minimum atomic E-state index is 0.158. The van der Waals surface area contributed by atoms with E-state index in [0.29, 0.717) is 6.04 Å². The van der Waals surface area contributed by atoms with Gasteiger partial charge in [-0.2, -0.15) is 0 Å². The van der Waals surface area contributed by atoms with Gasteiger partial charge >= 0.3 is 0 Å². The molecule has 22 heavy (non-hydrogen) atoms. The molecule has 3 heterocycles. The van der Waals surface area contributed by atoms with Crippen LogP contribution in [0, 0.1) is 0 Å². The van der Waals surface area contributed by atoms with Crippen molar-refractivity contribution < 1.29 is 4.79 Å². The van der Waals surface area contributed by atoms with Crippen molar-refractivity contribution in [3.63, 3.8) is 0 Å². The highest BCUT2D eigenvalue weighted by Gasteiger charge is 2.26. The van der Waals surface area contributed by atoms with Crippen molar-refractivity contribution in [1.29, 1.82) is 0 Å². The molecule has 1 amide bonds. The van der Waals surface area contributed by atoms with Gasteiger partial charge in [0.25, 0.3) is 5.91 Å². The van der Waals surface area contributed by atoms with E-state index >= 15 is 0 Å². The number of nitrogens with zero attached hydrogens (tertiary/aromatic N) is 3. The van der Waals surface area contributed by atoms with Gasteiger partial charge in [-0.05, 0) is 30.4 Å². The maximum absolute atomic E-state index is 12.8. The lowest BCUT2D eigenvalue weighted by Gasteiger charge is -2.33. The SMILES string of the molecule is O=C(c1cc2ccccc2s1)N1CCC[C@H](n2ccnc2)C1. The fourth-order valence-electron chi connectivity index (χ4n) is 3.11. The molecule has 1 fully saturated rings. The topological polar surface area (TPSA) is 38.1 Å². The van der Waals surface area contributed by atoms with Crippen molar-refractivity contribution in [2.45, 2.75) is 18.9 Å². The van der Waals surface area contributed by atoms with Crippen LogP contribution in [0.2, 0.25) is 0 Å². The predicted molar refractivity (Wildman–Crippen MR) is 88.2 cm³/mol. The molecule has 1 aliphatic rings. The van der Waals surface area contributed by atoms with Crippen LogP contribution in [0.5, 0.6) is 0 Å². The third-order valence-electron chi connectivity index (χ3n) is 4.27. The summed E-state index contributed by atoms with van der Waals surface area (Å²) in [7, 11) is 0. The van der Waals surface area contributed by atoms with E-state index in [1.807, 2.05) is 35.6 Å². The minimum absolute atomic E-state index is 0.158. The summed E-state index contributed by atoms with van der Waals surface area (Å²) in [6.07, 6.45) is 7.77. The van der Waals surface area contributed by atoms with Crippen LogP contribution in [0.1, 0.15) is 28.6 Å².